The molecule has 0 spiro atoms. The first-order valence-corrected chi connectivity index (χ1v) is 12.0. The Balaban J connectivity index is 1.36. The average molecular weight is 452 g/mol. The summed E-state index contributed by atoms with van der Waals surface area (Å²) >= 11 is 0. The van der Waals surface area contributed by atoms with Gasteiger partial charge in [-0.25, -0.2) is 4.98 Å². The Bertz CT molecular complexity index is 1220. The number of benzene rings is 3. The minimum atomic E-state index is 0.0622. The van der Waals surface area contributed by atoms with E-state index in [0.717, 1.165) is 54.2 Å². The summed E-state index contributed by atoms with van der Waals surface area (Å²) in [5.41, 5.74) is 3.69. The van der Waals surface area contributed by atoms with E-state index in [-0.39, 0.29) is 5.91 Å². The van der Waals surface area contributed by atoms with Gasteiger partial charge in [0.05, 0.1) is 12.5 Å². The summed E-state index contributed by atoms with van der Waals surface area (Å²) in [5.74, 6) is 1.67. The highest BCUT2D eigenvalue weighted by Gasteiger charge is 2.21. The molecule has 2 heterocycles. The molecule has 0 saturated carbocycles. The summed E-state index contributed by atoms with van der Waals surface area (Å²) in [5, 5.41) is 0. The van der Waals surface area contributed by atoms with Gasteiger partial charge >= 0.3 is 0 Å². The van der Waals surface area contributed by atoms with E-state index in [1.807, 2.05) is 64.1 Å². The van der Waals surface area contributed by atoms with E-state index in [2.05, 4.69) is 29.2 Å². The molecule has 172 valence electrons. The van der Waals surface area contributed by atoms with Crippen LogP contribution in [0.4, 0.5) is 0 Å². The molecule has 1 aliphatic rings. The molecule has 0 unspecified atom stereocenters. The minimum Gasteiger partial charge on any atom is -0.457 e. The van der Waals surface area contributed by atoms with Gasteiger partial charge in [0.1, 0.15) is 17.2 Å². The second-order valence-electron chi connectivity index (χ2n) is 8.70. The van der Waals surface area contributed by atoms with Crippen molar-refractivity contribution >= 4 is 5.91 Å². The van der Waals surface area contributed by atoms with Crippen LogP contribution >= 0.6 is 0 Å². The van der Waals surface area contributed by atoms with Crippen LogP contribution in [0.15, 0.2) is 91.4 Å². The van der Waals surface area contributed by atoms with Gasteiger partial charge in [0.15, 0.2) is 0 Å². The van der Waals surface area contributed by atoms with Crippen molar-refractivity contribution in [3.8, 4) is 28.3 Å². The maximum atomic E-state index is 13.3. The Morgan fingerprint density at radius 1 is 0.735 bits per heavy atom. The molecule has 3 aromatic carbocycles. The van der Waals surface area contributed by atoms with Gasteiger partial charge < -0.3 is 9.64 Å². The maximum absolute atomic E-state index is 13.3. The van der Waals surface area contributed by atoms with Crippen molar-refractivity contribution in [2.24, 2.45) is 0 Å². The van der Waals surface area contributed by atoms with Crippen molar-refractivity contribution in [3.05, 3.63) is 97.1 Å². The van der Waals surface area contributed by atoms with Crippen LogP contribution in [-0.4, -0.2) is 33.4 Å². The fraction of sp³-hybridized carbons (Fsp3) is 0.241. The molecule has 0 atom stereocenters. The standard InChI is InChI=1S/C29H29N3O2/c33-29(31-18-7-2-1-3-8-19-31)28-21-30-22-32(28)25-11-9-10-24(20-25)23-14-16-27(17-15-23)34-26-12-5-4-6-13-26/h4-6,9-17,20-22H,1-3,7-8,18-19H2. The third-order valence-corrected chi connectivity index (χ3v) is 6.29. The molecule has 1 aromatic heterocycles. The summed E-state index contributed by atoms with van der Waals surface area (Å²) in [6, 6.07) is 26.0. The normalized spacial score (nSPS) is 14.3. The van der Waals surface area contributed by atoms with E-state index in [1.165, 1.54) is 19.3 Å². The highest BCUT2D eigenvalue weighted by molar-refractivity contribution is 5.93. The number of carbonyl (C=O) groups excluding carboxylic acids is 1. The predicted molar refractivity (Wildman–Crippen MR) is 135 cm³/mol. The van der Waals surface area contributed by atoms with Crippen LogP contribution < -0.4 is 4.74 Å². The number of hydrogen-bond donors (Lipinski definition) is 0. The molecular weight excluding hydrogens is 422 g/mol. The van der Waals surface area contributed by atoms with Gasteiger partial charge in [-0.3, -0.25) is 9.36 Å². The van der Waals surface area contributed by atoms with E-state index < -0.39 is 0 Å². The van der Waals surface area contributed by atoms with Gasteiger partial charge in [-0.2, -0.15) is 0 Å². The molecule has 0 aliphatic carbocycles. The smallest absolute Gasteiger partial charge is 0.272 e. The Hall–Kier alpha value is -3.86. The molecule has 5 nitrogen and oxygen atoms in total. The van der Waals surface area contributed by atoms with Crippen molar-refractivity contribution in [2.45, 2.75) is 32.1 Å². The zero-order valence-electron chi connectivity index (χ0n) is 19.3. The van der Waals surface area contributed by atoms with E-state index in [9.17, 15) is 4.79 Å². The first kappa shape index (κ1) is 22.0. The van der Waals surface area contributed by atoms with Crippen molar-refractivity contribution < 1.29 is 9.53 Å². The summed E-state index contributed by atoms with van der Waals surface area (Å²) in [6.45, 7) is 1.64. The minimum absolute atomic E-state index is 0.0622. The predicted octanol–water partition coefficient (Wildman–Crippen LogP) is 6.74. The quantitative estimate of drug-likeness (QED) is 0.338. The number of nitrogens with zero attached hydrogens (tertiary/aromatic N) is 3. The first-order valence-electron chi connectivity index (χ1n) is 12.0. The van der Waals surface area contributed by atoms with Crippen molar-refractivity contribution in [1.29, 1.82) is 0 Å². The van der Waals surface area contributed by atoms with Crippen LogP contribution in [0.5, 0.6) is 11.5 Å². The van der Waals surface area contributed by atoms with Crippen LogP contribution in [-0.2, 0) is 0 Å². The molecule has 0 N–H and O–H groups in total. The number of ether oxygens (including phenoxy) is 1. The van der Waals surface area contributed by atoms with Crippen molar-refractivity contribution in [1.82, 2.24) is 14.5 Å². The van der Waals surface area contributed by atoms with E-state index in [1.54, 1.807) is 12.5 Å². The number of para-hydroxylation sites is 1. The van der Waals surface area contributed by atoms with Crippen LogP contribution in [0.1, 0.15) is 42.6 Å². The molecule has 4 aromatic rings. The lowest BCUT2D eigenvalue weighted by atomic mass is 10.0. The topological polar surface area (TPSA) is 47.4 Å². The molecule has 5 rings (SSSR count). The Labute approximate surface area is 200 Å². The third kappa shape index (κ3) is 5.04. The lowest BCUT2D eigenvalue weighted by Crippen LogP contribution is -2.34. The number of aromatic nitrogens is 2. The molecule has 34 heavy (non-hydrogen) atoms. The molecule has 1 saturated heterocycles. The molecule has 0 radical (unpaired) electrons. The van der Waals surface area contributed by atoms with Gasteiger partial charge in [-0.1, -0.05) is 61.7 Å². The molecule has 1 amide bonds. The SMILES string of the molecule is O=C(c1cncn1-c1cccc(-c2ccc(Oc3ccccc3)cc2)c1)N1CCCCCCC1. The average Bonchev–Trinajstić information content (AvgIpc) is 3.35. The van der Waals surface area contributed by atoms with Crippen molar-refractivity contribution in [3.63, 3.8) is 0 Å². The fourth-order valence-corrected chi connectivity index (χ4v) is 4.45. The van der Waals surface area contributed by atoms with Gasteiger partial charge in [0.2, 0.25) is 0 Å². The maximum Gasteiger partial charge on any atom is 0.272 e. The monoisotopic (exact) mass is 451 g/mol. The molecular formula is C29H29N3O2. The van der Waals surface area contributed by atoms with E-state index in [0.29, 0.717) is 5.69 Å². The lowest BCUT2D eigenvalue weighted by molar-refractivity contribution is 0.0734. The highest BCUT2D eigenvalue weighted by Crippen LogP contribution is 2.27. The van der Waals surface area contributed by atoms with Gasteiger partial charge in [-0.15, -0.1) is 0 Å². The Morgan fingerprint density at radius 2 is 1.44 bits per heavy atom. The summed E-state index contributed by atoms with van der Waals surface area (Å²) in [6.07, 6.45) is 9.21. The summed E-state index contributed by atoms with van der Waals surface area (Å²) in [4.78, 5) is 19.6. The van der Waals surface area contributed by atoms with Gasteiger partial charge in [0.25, 0.3) is 5.91 Å². The number of imidazole rings is 1. The van der Waals surface area contributed by atoms with E-state index in [4.69, 9.17) is 4.74 Å². The number of likely N-dealkylation sites (tertiary alicyclic amines) is 1. The Kier molecular flexibility index (Phi) is 6.71. The summed E-state index contributed by atoms with van der Waals surface area (Å²) < 4.78 is 7.81. The van der Waals surface area contributed by atoms with Crippen molar-refractivity contribution in [2.75, 3.05) is 13.1 Å². The number of hydrogen-bond acceptors (Lipinski definition) is 3. The van der Waals surface area contributed by atoms with E-state index >= 15 is 0 Å². The van der Waals surface area contributed by atoms with Gasteiger partial charge in [-0.05, 0) is 60.4 Å². The largest absolute Gasteiger partial charge is 0.457 e. The molecule has 5 heteroatoms. The zero-order chi connectivity index (χ0) is 23.2. The highest BCUT2D eigenvalue weighted by atomic mass is 16.5. The van der Waals surface area contributed by atoms with Crippen LogP contribution in [0, 0.1) is 0 Å². The number of carbonyl (C=O) groups is 1. The number of rotatable bonds is 5. The number of amides is 1. The lowest BCUT2D eigenvalue weighted by Gasteiger charge is -2.25. The van der Waals surface area contributed by atoms with Gasteiger partial charge in [0, 0.05) is 18.8 Å². The molecule has 1 aliphatic heterocycles. The van der Waals surface area contributed by atoms with Crippen LogP contribution in [0.25, 0.3) is 16.8 Å². The third-order valence-electron chi connectivity index (χ3n) is 6.29. The summed E-state index contributed by atoms with van der Waals surface area (Å²) in [7, 11) is 0. The molecule has 0 bridgehead atoms. The molecule has 1 fully saturated rings. The zero-order valence-corrected chi connectivity index (χ0v) is 19.3. The van der Waals surface area contributed by atoms with Crippen LogP contribution in [0.2, 0.25) is 0 Å². The second kappa shape index (κ2) is 10.4. The fourth-order valence-electron chi connectivity index (χ4n) is 4.45. The van der Waals surface area contributed by atoms with Crippen LogP contribution in [0.3, 0.4) is 0 Å². The Morgan fingerprint density at radius 3 is 2.21 bits per heavy atom. The first-order chi connectivity index (χ1) is 16.8. The second-order valence-corrected chi connectivity index (χ2v) is 8.70.